The zero-order valence-electron chi connectivity index (χ0n) is 9.62. The maximum absolute atomic E-state index is 5.98. The molecule has 0 unspecified atom stereocenters. The van der Waals surface area contributed by atoms with E-state index in [4.69, 9.17) is 26.8 Å². The Morgan fingerprint density at radius 2 is 1.81 bits per heavy atom. The van der Waals surface area contributed by atoms with Crippen LogP contribution in [-0.4, -0.2) is 20.3 Å². The van der Waals surface area contributed by atoms with E-state index in [0.29, 0.717) is 10.8 Å². The van der Waals surface area contributed by atoms with E-state index < -0.39 is 0 Å². The number of halogens is 2. The highest BCUT2D eigenvalue weighted by atomic mass is 35.5. The standard InChI is InChI=1S/C11H16ClNO2.ClH/c1-7(13)4-8-5-11(15-3)9(12)6-10(8)14-2;/h5-7H,4,13H2,1-3H3;1H/t7-;/m1./s1. The molecule has 0 amide bonds. The lowest BCUT2D eigenvalue weighted by Gasteiger charge is -2.13. The lowest BCUT2D eigenvalue weighted by atomic mass is 10.1. The molecule has 0 radical (unpaired) electrons. The van der Waals surface area contributed by atoms with Crippen LogP contribution >= 0.6 is 24.0 Å². The van der Waals surface area contributed by atoms with Crippen molar-refractivity contribution in [3.05, 3.63) is 22.7 Å². The molecular formula is C11H17Cl2NO2. The molecule has 1 aromatic carbocycles. The van der Waals surface area contributed by atoms with Crippen molar-refractivity contribution in [1.82, 2.24) is 0 Å². The van der Waals surface area contributed by atoms with Gasteiger partial charge in [-0.05, 0) is 25.0 Å². The second kappa shape index (κ2) is 6.84. The van der Waals surface area contributed by atoms with Crippen LogP contribution in [0.5, 0.6) is 11.5 Å². The van der Waals surface area contributed by atoms with Gasteiger partial charge in [-0.15, -0.1) is 12.4 Å². The summed E-state index contributed by atoms with van der Waals surface area (Å²) in [6.45, 7) is 1.94. The van der Waals surface area contributed by atoms with Gasteiger partial charge in [-0.25, -0.2) is 0 Å². The van der Waals surface area contributed by atoms with Crippen LogP contribution < -0.4 is 15.2 Å². The Balaban J connectivity index is 0.00000225. The van der Waals surface area contributed by atoms with Crippen molar-refractivity contribution in [2.24, 2.45) is 5.73 Å². The lowest BCUT2D eigenvalue weighted by Crippen LogP contribution is -2.18. The van der Waals surface area contributed by atoms with Crippen LogP contribution in [0.25, 0.3) is 0 Å². The van der Waals surface area contributed by atoms with Gasteiger partial charge in [0.25, 0.3) is 0 Å². The van der Waals surface area contributed by atoms with Gasteiger partial charge in [0.05, 0.1) is 19.2 Å². The summed E-state index contributed by atoms with van der Waals surface area (Å²) >= 11 is 5.98. The highest BCUT2D eigenvalue weighted by molar-refractivity contribution is 6.32. The van der Waals surface area contributed by atoms with Gasteiger partial charge in [0.15, 0.2) is 0 Å². The van der Waals surface area contributed by atoms with Crippen LogP contribution in [0, 0.1) is 0 Å². The van der Waals surface area contributed by atoms with Crippen molar-refractivity contribution >= 4 is 24.0 Å². The van der Waals surface area contributed by atoms with Gasteiger partial charge >= 0.3 is 0 Å². The van der Waals surface area contributed by atoms with Crippen molar-refractivity contribution in [3.63, 3.8) is 0 Å². The Bertz CT molecular complexity index is 343. The van der Waals surface area contributed by atoms with Gasteiger partial charge in [-0.3, -0.25) is 0 Å². The number of benzene rings is 1. The highest BCUT2D eigenvalue weighted by Crippen LogP contribution is 2.32. The number of rotatable bonds is 4. The van der Waals surface area contributed by atoms with Crippen molar-refractivity contribution in [3.8, 4) is 11.5 Å². The summed E-state index contributed by atoms with van der Waals surface area (Å²) in [5, 5.41) is 0.544. The molecule has 1 atom stereocenters. The normalized spacial score (nSPS) is 11.6. The second-order valence-corrected chi connectivity index (χ2v) is 3.89. The Morgan fingerprint density at radius 1 is 1.25 bits per heavy atom. The SMILES string of the molecule is COc1cc(C[C@@H](C)N)c(OC)cc1Cl.Cl. The number of hydrogen-bond acceptors (Lipinski definition) is 3. The first-order valence-corrected chi connectivity index (χ1v) is 5.12. The summed E-state index contributed by atoms with van der Waals surface area (Å²) in [6, 6.07) is 3.69. The van der Waals surface area contributed by atoms with Crippen molar-refractivity contribution < 1.29 is 9.47 Å². The van der Waals surface area contributed by atoms with Gasteiger partial charge in [-0.2, -0.15) is 0 Å². The van der Waals surface area contributed by atoms with Crippen LogP contribution in [0.1, 0.15) is 12.5 Å². The topological polar surface area (TPSA) is 44.5 Å². The zero-order valence-corrected chi connectivity index (χ0v) is 11.2. The molecule has 2 N–H and O–H groups in total. The Hall–Kier alpha value is -0.640. The first kappa shape index (κ1) is 15.4. The monoisotopic (exact) mass is 265 g/mol. The molecule has 1 rings (SSSR count). The van der Waals surface area contributed by atoms with E-state index >= 15 is 0 Å². The smallest absolute Gasteiger partial charge is 0.137 e. The molecule has 3 nitrogen and oxygen atoms in total. The number of nitrogens with two attached hydrogens (primary N) is 1. The van der Waals surface area contributed by atoms with Crippen molar-refractivity contribution in [2.45, 2.75) is 19.4 Å². The molecule has 0 bridgehead atoms. The van der Waals surface area contributed by atoms with E-state index in [1.807, 2.05) is 13.0 Å². The Kier molecular flexibility index (Phi) is 6.56. The summed E-state index contributed by atoms with van der Waals surface area (Å²) in [5.41, 5.74) is 6.76. The van der Waals surface area contributed by atoms with Crippen molar-refractivity contribution in [1.29, 1.82) is 0 Å². The summed E-state index contributed by atoms with van der Waals surface area (Å²) in [5.74, 6) is 1.39. The number of hydrogen-bond donors (Lipinski definition) is 1. The fourth-order valence-electron chi connectivity index (χ4n) is 1.43. The predicted octanol–water partition coefficient (Wildman–Crippen LogP) is 2.67. The minimum atomic E-state index is 0. The van der Waals surface area contributed by atoms with Crippen LogP contribution in [-0.2, 0) is 6.42 Å². The summed E-state index contributed by atoms with van der Waals surface area (Å²) < 4.78 is 10.4. The average Bonchev–Trinajstić information content (AvgIpc) is 2.19. The molecule has 0 aliphatic rings. The van der Waals surface area contributed by atoms with Crippen LogP contribution in [0.4, 0.5) is 0 Å². The molecule has 1 aromatic rings. The number of methoxy groups -OCH3 is 2. The fraction of sp³-hybridized carbons (Fsp3) is 0.455. The Labute approximate surface area is 107 Å². The fourth-order valence-corrected chi connectivity index (χ4v) is 1.66. The molecule has 0 aliphatic carbocycles. The zero-order chi connectivity index (χ0) is 11.4. The highest BCUT2D eigenvalue weighted by Gasteiger charge is 2.10. The third-order valence-corrected chi connectivity index (χ3v) is 2.39. The lowest BCUT2D eigenvalue weighted by molar-refractivity contribution is 0.398. The molecule has 16 heavy (non-hydrogen) atoms. The summed E-state index contributed by atoms with van der Waals surface area (Å²) in [4.78, 5) is 0. The molecular weight excluding hydrogens is 249 g/mol. The summed E-state index contributed by atoms with van der Waals surface area (Å²) in [6.07, 6.45) is 0.733. The molecule has 92 valence electrons. The number of ether oxygens (including phenoxy) is 2. The van der Waals surface area contributed by atoms with Crippen LogP contribution in [0.2, 0.25) is 5.02 Å². The molecule has 0 aliphatic heterocycles. The average molecular weight is 266 g/mol. The van der Waals surface area contributed by atoms with E-state index in [1.54, 1.807) is 20.3 Å². The van der Waals surface area contributed by atoms with E-state index in [-0.39, 0.29) is 18.4 Å². The third kappa shape index (κ3) is 3.74. The largest absolute Gasteiger partial charge is 0.496 e. The maximum Gasteiger partial charge on any atom is 0.137 e. The van der Waals surface area contributed by atoms with E-state index in [1.165, 1.54) is 0 Å². The van der Waals surface area contributed by atoms with Crippen LogP contribution in [0.3, 0.4) is 0 Å². The molecule has 0 aromatic heterocycles. The van der Waals surface area contributed by atoms with E-state index in [2.05, 4.69) is 0 Å². The first-order chi connectivity index (χ1) is 7.08. The first-order valence-electron chi connectivity index (χ1n) is 4.74. The van der Waals surface area contributed by atoms with E-state index in [9.17, 15) is 0 Å². The quantitative estimate of drug-likeness (QED) is 0.911. The van der Waals surface area contributed by atoms with Gasteiger partial charge in [0.2, 0.25) is 0 Å². The molecule has 0 saturated carbocycles. The van der Waals surface area contributed by atoms with Gasteiger partial charge < -0.3 is 15.2 Å². The molecule has 0 heterocycles. The molecule has 0 spiro atoms. The van der Waals surface area contributed by atoms with Gasteiger partial charge in [0, 0.05) is 12.1 Å². The summed E-state index contributed by atoms with van der Waals surface area (Å²) in [7, 11) is 3.20. The van der Waals surface area contributed by atoms with E-state index in [0.717, 1.165) is 17.7 Å². The predicted molar refractivity (Wildman–Crippen MR) is 69.2 cm³/mol. The second-order valence-electron chi connectivity index (χ2n) is 3.48. The van der Waals surface area contributed by atoms with Crippen LogP contribution in [0.15, 0.2) is 12.1 Å². The molecule has 0 saturated heterocycles. The van der Waals surface area contributed by atoms with Gasteiger partial charge in [0.1, 0.15) is 11.5 Å². The minimum Gasteiger partial charge on any atom is -0.496 e. The van der Waals surface area contributed by atoms with Crippen molar-refractivity contribution in [2.75, 3.05) is 14.2 Å². The Morgan fingerprint density at radius 3 is 2.25 bits per heavy atom. The molecule has 0 fully saturated rings. The van der Waals surface area contributed by atoms with Gasteiger partial charge in [-0.1, -0.05) is 11.6 Å². The third-order valence-electron chi connectivity index (χ3n) is 2.10. The minimum absolute atomic E-state index is 0. The maximum atomic E-state index is 5.98. The molecule has 5 heteroatoms.